The lowest BCUT2D eigenvalue weighted by molar-refractivity contribution is -0.125. The molecule has 3 heterocycles. The maximum absolute atomic E-state index is 12.4. The van der Waals surface area contributed by atoms with Gasteiger partial charge in [0.15, 0.2) is 5.13 Å². The van der Waals surface area contributed by atoms with Crippen LogP contribution >= 0.6 is 11.3 Å². The Hall–Kier alpha value is -2.39. The number of hydrogen-bond donors (Lipinski definition) is 3. The summed E-state index contributed by atoms with van der Waals surface area (Å²) in [5.74, 6) is 0.550. The maximum atomic E-state index is 12.4. The third-order valence-electron chi connectivity index (χ3n) is 4.28. The summed E-state index contributed by atoms with van der Waals surface area (Å²) >= 11 is 1.38. The Labute approximate surface area is 156 Å². The second-order valence-corrected chi connectivity index (χ2v) is 6.97. The highest BCUT2D eigenvalue weighted by molar-refractivity contribution is 7.13. The summed E-state index contributed by atoms with van der Waals surface area (Å²) < 4.78 is 5.41. The summed E-state index contributed by atoms with van der Waals surface area (Å²) in [5, 5.41) is 11.2. The first kappa shape index (κ1) is 18.4. The van der Waals surface area contributed by atoms with Gasteiger partial charge in [-0.25, -0.2) is 4.98 Å². The molecule has 8 nitrogen and oxygen atoms in total. The second kappa shape index (κ2) is 8.33. The highest BCUT2D eigenvalue weighted by atomic mass is 32.1. The lowest BCUT2D eigenvalue weighted by atomic mass is 10.1. The SMILES string of the molecule is CCNC(=O)[C@@H]1C[C@H](NC(=O)c2csc(NC)n2)CN1Cc1ccco1. The van der Waals surface area contributed by atoms with Gasteiger partial charge in [0.05, 0.1) is 18.8 Å². The van der Waals surface area contributed by atoms with E-state index >= 15 is 0 Å². The molecule has 2 amide bonds. The Morgan fingerprint density at radius 1 is 1.46 bits per heavy atom. The van der Waals surface area contributed by atoms with Gasteiger partial charge in [0.25, 0.3) is 5.91 Å². The van der Waals surface area contributed by atoms with E-state index in [1.807, 2.05) is 24.0 Å². The number of carbonyl (C=O) groups excluding carboxylic acids is 2. The van der Waals surface area contributed by atoms with Crippen molar-refractivity contribution in [2.45, 2.75) is 32.0 Å². The van der Waals surface area contributed by atoms with Crippen molar-refractivity contribution in [2.24, 2.45) is 0 Å². The highest BCUT2D eigenvalue weighted by Gasteiger charge is 2.37. The highest BCUT2D eigenvalue weighted by Crippen LogP contribution is 2.22. The predicted octanol–water partition coefficient (Wildman–Crippen LogP) is 1.29. The third kappa shape index (κ3) is 4.23. The molecule has 1 saturated heterocycles. The molecule has 1 fully saturated rings. The third-order valence-corrected chi connectivity index (χ3v) is 5.14. The summed E-state index contributed by atoms with van der Waals surface area (Å²) in [6.45, 7) is 3.58. The molecule has 26 heavy (non-hydrogen) atoms. The van der Waals surface area contributed by atoms with Crippen molar-refractivity contribution in [2.75, 3.05) is 25.5 Å². The molecule has 1 aliphatic heterocycles. The lowest BCUT2D eigenvalue weighted by Gasteiger charge is -2.22. The number of likely N-dealkylation sites (tertiary alicyclic amines) is 1. The van der Waals surface area contributed by atoms with Gasteiger partial charge in [-0.15, -0.1) is 11.3 Å². The number of anilines is 1. The molecule has 0 bridgehead atoms. The van der Waals surface area contributed by atoms with E-state index in [1.165, 1.54) is 11.3 Å². The van der Waals surface area contributed by atoms with Gasteiger partial charge < -0.3 is 20.4 Å². The number of rotatable bonds is 7. The zero-order chi connectivity index (χ0) is 18.5. The minimum Gasteiger partial charge on any atom is -0.468 e. The van der Waals surface area contributed by atoms with Crippen molar-refractivity contribution in [1.82, 2.24) is 20.5 Å². The molecule has 0 saturated carbocycles. The van der Waals surface area contributed by atoms with E-state index in [0.717, 1.165) is 5.76 Å². The van der Waals surface area contributed by atoms with Crippen molar-refractivity contribution >= 4 is 28.3 Å². The van der Waals surface area contributed by atoms with Crippen LogP contribution in [0.2, 0.25) is 0 Å². The molecular weight excluding hydrogens is 354 g/mol. The van der Waals surface area contributed by atoms with Gasteiger partial charge in [-0.05, 0) is 25.5 Å². The van der Waals surface area contributed by atoms with Gasteiger partial charge in [-0.3, -0.25) is 14.5 Å². The van der Waals surface area contributed by atoms with Crippen molar-refractivity contribution in [1.29, 1.82) is 0 Å². The fourth-order valence-corrected chi connectivity index (χ4v) is 3.75. The molecule has 0 unspecified atom stereocenters. The van der Waals surface area contributed by atoms with Gasteiger partial charge in [0, 0.05) is 31.6 Å². The topological polar surface area (TPSA) is 99.5 Å². The van der Waals surface area contributed by atoms with E-state index in [2.05, 4.69) is 20.9 Å². The fraction of sp³-hybridized carbons (Fsp3) is 0.471. The van der Waals surface area contributed by atoms with Crippen LogP contribution in [-0.4, -0.2) is 53.9 Å². The normalized spacial score (nSPS) is 20.1. The quantitative estimate of drug-likeness (QED) is 0.672. The summed E-state index contributed by atoms with van der Waals surface area (Å²) in [4.78, 5) is 31.1. The van der Waals surface area contributed by atoms with Crippen LogP contribution in [0, 0.1) is 0 Å². The van der Waals surface area contributed by atoms with Crippen LogP contribution in [0.25, 0.3) is 0 Å². The lowest BCUT2D eigenvalue weighted by Crippen LogP contribution is -2.42. The number of furan rings is 1. The average molecular weight is 377 g/mol. The molecule has 2 atom stereocenters. The first-order chi connectivity index (χ1) is 12.6. The number of aromatic nitrogens is 1. The minimum atomic E-state index is -0.298. The van der Waals surface area contributed by atoms with E-state index in [0.29, 0.717) is 36.9 Å². The molecule has 1 aliphatic rings. The molecule has 9 heteroatoms. The zero-order valence-electron chi connectivity index (χ0n) is 14.8. The number of thiazole rings is 1. The van der Waals surface area contributed by atoms with E-state index < -0.39 is 0 Å². The molecule has 0 spiro atoms. The second-order valence-electron chi connectivity index (χ2n) is 6.11. The van der Waals surface area contributed by atoms with Crippen molar-refractivity contribution in [3.05, 3.63) is 35.2 Å². The van der Waals surface area contributed by atoms with Crippen molar-refractivity contribution in [3.8, 4) is 0 Å². The van der Waals surface area contributed by atoms with Crippen molar-refractivity contribution < 1.29 is 14.0 Å². The zero-order valence-corrected chi connectivity index (χ0v) is 15.6. The van der Waals surface area contributed by atoms with Crippen molar-refractivity contribution in [3.63, 3.8) is 0 Å². The molecule has 3 N–H and O–H groups in total. The Bertz CT molecular complexity index is 745. The smallest absolute Gasteiger partial charge is 0.271 e. The van der Waals surface area contributed by atoms with E-state index in [4.69, 9.17) is 4.42 Å². The number of carbonyl (C=O) groups is 2. The summed E-state index contributed by atoms with van der Waals surface area (Å²) in [7, 11) is 1.76. The van der Waals surface area contributed by atoms with Crippen LogP contribution in [0.5, 0.6) is 0 Å². The Morgan fingerprint density at radius 2 is 2.31 bits per heavy atom. The van der Waals surface area contributed by atoms with Crippen LogP contribution in [-0.2, 0) is 11.3 Å². The first-order valence-corrected chi connectivity index (χ1v) is 9.47. The Kier molecular flexibility index (Phi) is 5.89. The molecular formula is C17H23N5O3S. The molecule has 3 rings (SSSR count). The number of nitrogens with one attached hydrogen (secondary N) is 3. The number of nitrogens with zero attached hydrogens (tertiary/aromatic N) is 2. The minimum absolute atomic E-state index is 0.0260. The van der Waals surface area contributed by atoms with Crippen LogP contribution in [0.3, 0.4) is 0 Å². The molecule has 0 aromatic carbocycles. The number of amides is 2. The molecule has 140 valence electrons. The molecule has 2 aromatic rings. The standard InChI is InChI=1S/C17H23N5O3S/c1-3-19-16(24)14-7-11(8-22(14)9-12-5-4-6-25-12)20-15(23)13-10-26-17(18-2)21-13/h4-6,10-11,14H,3,7-9H2,1-2H3,(H,18,21)(H,19,24)(H,20,23)/t11-,14-/m0/s1. The predicted molar refractivity (Wildman–Crippen MR) is 99.1 cm³/mol. The van der Waals surface area contributed by atoms with Gasteiger partial charge in [0.1, 0.15) is 11.5 Å². The Morgan fingerprint density at radius 3 is 2.96 bits per heavy atom. The number of hydrogen-bond acceptors (Lipinski definition) is 7. The summed E-state index contributed by atoms with van der Waals surface area (Å²) in [6, 6.07) is 3.29. The Balaban J connectivity index is 1.66. The monoisotopic (exact) mass is 377 g/mol. The summed E-state index contributed by atoms with van der Waals surface area (Å²) in [6.07, 6.45) is 2.18. The number of likely N-dealkylation sites (N-methyl/N-ethyl adjacent to an activating group) is 1. The molecule has 0 radical (unpaired) electrons. The first-order valence-electron chi connectivity index (χ1n) is 8.59. The van der Waals surface area contributed by atoms with Gasteiger partial charge >= 0.3 is 0 Å². The molecule has 2 aromatic heterocycles. The van der Waals surface area contributed by atoms with E-state index in [-0.39, 0.29) is 23.9 Å². The van der Waals surface area contributed by atoms with Gasteiger partial charge in [0.2, 0.25) is 5.91 Å². The van der Waals surface area contributed by atoms with Gasteiger partial charge in [-0.1, -0.05) is 0 Å². The van der Waals surface area contributed by atoms with Gasteiger partial charge in [-0.2, -0.15) is 0 Å². The fourth-order valence-electron chi connectivity index (χ4n) is 3.10. The van der Waals surface area contributed by atoms with Crippen LogP contribution in [0.15, 0.2) is 28.2 Å². The van der Waals surface area contributed by atoms with E-state index in [9.17, 15) is 9.59 Å². The van der Waals surface area contributed by atoms with E-state index in [1.54, 1.807) is 18.7 Å². The maximum Gasteiger partial charge on any atom is 0.271 e. The molecule has 0 aliphatic carbocycles. The van der Waals surface area contributed by atoms with Crippen LogP contribution in [0.1, 0.15) is 29.6 Å². The van der Waals surface area contributed by atoms with Crippen LogP contribution in [0.4, 0.5) is 5.13 Å². The largest absolute Gasteiger partial charge is 0.468 e. The van der Waals surface area contributed by atoms with Crippen LogP contribution < -0.4 is 16.0 Å². The summed E-state index contributed by atoms with van der Waals surface area (Å²) in [5.41, 5.74) is 0.387. The average Bonchev–Trinajstić information content (AvgIpc) is 3.35.